The highest BCUT2D eigenvalue weighted by Crippen LogP contribution is 2.25. The first-order valence-corrected chi connectivity index (χ1v) is 6.34. The number of nitrogens with one attached hydrogen (secondary N) is 1. The van der Waals surface area contributed by atoms with Crippen molar-refractivity contribution in [1.29, 1.82) is 0 Å². The van der Waals surface area contributed by atoms with E-state index in [0.717, 1.165) is 18.5 Å². The van der Waals surface area contributed by atoms with Crippen LogP contribution in [0.4, 0.5) is 0 Å². The minimum atomic E-state index is 0.612. The SMILES string of the molecule is CC1COCC1NCC1CCCS1. The summed E-state index contributed by atoms with van der Waals surface area (Å²) < 4.78 is 5.42. The lowest BCUT2D eigenvalue weighted by Crippen LogP contribution is -2.37. The summed E-state index contributed by atoms with van der Waals surface area (Å²) >= 11 is 2.12. The minimum absolute atomic E-state index is 0.612. The Labute approximate surface area is 84.8 Å². The predicted octanol–water partition coefficient (Wildman–Crippen LogP) is 1.51. The van der Waals surface area contributed by atoms with Crippen LogP contribution >= 0.6 is 11.8 Å². The molecule has 2 nitrogen and oxygen atoms in total. The standard InChI is InChI=1S/C10H19NOS/c1-8-6-12-7-10(8)11-5-9-3-2-4-13-9/h8-11H,2-7H2,1H3. The van der Waals surface area contributed by atoms with Gasteiger partial charge in [-0.05, 0) is 24.5 Å². The first kappa shape index (κ1) is 9.81. The van der Waals surface area contributed by atoms with Crippen molar-refractivity contribution in [3.8, 4) is 0 Å². The second-order valence-corrected chi connectivity index (χ2v) is 5.57. The van der Waals surface area contributed by atoms with E-state index in [0.29, 0.717) is 12.0 Å². The average molecular weight is 201 g/mol. The van der Waals surface area contributed by atoms with Crippen LogP contribution in [0.1, 0.15) is 19.8 Å². The Kier molecular flexibility index (Phi) is 3.52. The van der Waals surface area contributed by atoms with Gasteiger partial charge in [0, 0.05) is 17.8 Å². The molecule has 0 aromatic carbocycles. The van der Waals surface area contributed by atoms with Crippen molar-refractivity contribution in [3.63, 3.8) is 0 Å². The Balaban J connectivity index is 1.66. The summed E-state index contributed by atoms with van der Waals surface area (Å²) in [4.78, 5) is 0. The summed E-state index contributed by atoms with van der Waals surface area (Å²) in [5.74, 6) is 2.06. The highest BCUT2D eigenvalue weighted by molar-refractivity contribution is 8.00. The molecule has 2 fully saturated rings. The van der Waals surface area contributed by atoms with E-state index in [4.69, 9.17) is 4.74 Å². The highest BCUT2D eigenvalue weighted by atomic mass is 32.2. The van der Waals surface area contributed by atoms with Crippen LogP contribution in [0.2, 0.25) is 0 Å². The third-order valence-electron chi connectivity index (χ3n) is 3.00. The van der Waals surface area contributed by atoms with E-state index in [1.54, 1.807) is 0 Å². The molecule has 2 aliphatic heterocycles. The molecule has 3 unspecified atom stereocenters. The maximum Gasteiger partial charge on any atom is 0.0623 e. The predicted molar refractivity (Wildman–Crippen MR) is 57.3 cm³/mol. The third-order valence-corrected chi connectivity index (χ3v) is 4.39. The van der Waals surface area contributed by atoms with E-state index in [9.17, 15) is 0 Å². The van der Waals surface area contributed by atoms with Crippen molar-refractivity contribution in [2.75, 3.05) is 25.5 Å². The molecule has 0 aromatic heterocycles. The zero-order valence-corrected chi connectivity index (χ0v) is 9.11. The summed E-state index contributed by atoms with van der Waals surface area (Å²) in [6, 6.07) is 0.612. The molecule has 2 rings (SSSR count). The van der Waals surface area contributed by atoms with E-state index in [-0.39, 0.29) is 0 Å². The van der Waals surface area contributed by atoms with Gasteiger partial charge in [-0.3, -0.25) is 0 Å². The number of ether oxygens (including phenoxy) is 1. The fourth-order valence-electron chi connectivity index (χ4n) is 2.01. The van der Waals surface area contributed by atoms with Crippen molar-refractivity contribution in [2.24, 2.45) is 5.92 Å². The lowest BCUT2D eigenvalue weighted by atomic mass is 10.1. The smallest absolute Gasteiger partial charge is 0.0623 e. The number of thioether (sulfide) groups is 1. The largest absolute Gasteiger partial charge is 0.379 e. The second-order valence-electron chi connectivity index (χ2n) is 4.16. The maximum atomic E-state index is 5.42. The molecule has 3 heteroatoms. The van der Waals surface area contributed by atoms with E-state index >= 15 is 0 Å². The van der Waals surface area contributed by atoms with E-state index in [2.05, 4.69) is 24.0 Å². The topological polar surface area (TPSA) is 21.3 Å². The average Bonchev–Trinajstić information content (AvgIpc) is 2.72. The van der Waals surface area contributed by atoms with Crippen LogP contribution < -0.4 is 5.32 Å². The van der Waals surface area contributed by atoms with Crippen LogP contribution in [-0.2, 0) is 4.74 Å². The molecule has 0 aliphatic carbocycles. The second kappa shape index (κ2) is 4.67. The molecule has 13 heavy (non-hydrogen) atoms. The van der Waals surface area contributed by atoms with Gasteiger partial charge >= 0.3 is 0 Å². The molecular formula is C10H19NOS. The van der Waals surface area contributed by atoms with Gasteiger partial charge in [-0.1, -0.05) is 6.92 Å². The van der Waals surface area contributed by atoms with Crippen LogP contribution in [0, 0.1) is 5.92 Å². The van der Waals surface area contributed by atoms with Gasteiger partial charge in [0.1, 0.15) is 0 Å². The van der Waals surface area contributed by atoms with E-state index in [1.807, 2.05) is 0 Å². The van der Waals surface area contributed by atoms with Gasteiger partial charge < -0.3 is 10.1 Å². The summed E-state index contributed by atoms with van der Waals surface area (Å²) in [6.45, 7) is 5.31. The molecule has 0 aromatic rings. The zero-order chi connectivity index (χ0) is 9.10. The Morgan fingerprint density at radius 3 is 3.00 bits per heavy atom. The summed E-state index contributed by atoms with van der Waals surface area (Å²) in [7, 11) is 0. The molecule has 1 N–H and O–H groups in total. The van der Waals surface area contributed by atoms with Crippen molar-refractivity contribution < 1.29 is 4.74 Å². The third kappa shape index (κ3) is 2.61. The molecule has 0 amide bonds. The minimum Gasteiger partial charge on any atom is -0.379 e. The highest BCUT2D eigenvalue weighted by Gasteiger charge is 2.25. The summed E-state index contributed by atoms with van der Waals surface area (Å²) in [6.07, 6.45) is 2.81. The first-order chi connectivity index (χ1) is 6.36. The Hall–Kier alpha value is 0.270. The van der Waals surface area contributed by atoms with Crippen LogP contribution in [0.25, 0.3) is 0 Å². The number of rotatable bonds is 3. The van der Waals surface area contributed by atoms with Gasteiger partial charge in [0.15, 0.2) is 0 Å². The molecule has 2 aliphatic rings. The van der Waals surface area contributed by atoms with Gasteiger partial charge in [0.05, 0.1) is 13.2 Å². The Bertz CT molecular complexity index is 159. The summed E-state index contributed by atoms with van der Waals surface area (Å²) in [5, 5.41) is 4.50. The van der Waals surface area contributed by atoms with Gasteiger partial charge in [0.2, 0.25) is 0 Å². The first-order valence-electron chi connectivity index (χ1n) is 5.29. The van der Waals surface area contributed by atoms with Crippen molar-refractivity contribution in [1.82, 2.24) is 5.32 Å². The fraction of sp³-hybridized carbons (Fsp3) is 1.00. The summed E-state index contributed by atoms with van der Waals surface area (Å²) in [5.41, 5.74) is 0. The van der Waals surface area contributed by atoms with Gasteiger partial charge in [0.25, 0.3) is 0 Å². The van der Waals surface area contributed by atoms with Crippen LogP contribution in [0.15, 0.2) is 0 Å². The molecule has 0 spiro atoms. The van der Waals surface area contributed by atoms with Crippen molar-refractivity contribution >= 4 is 11.8 Å². The quantitative estimate of drug-likeness (QED) is 0.748. The van der Waals surface area contributed by atoms with Crippen molar-refractivity contribution in [3.05, 3.63) is 0 Å². The molecule has 0 bridgehead atoms. The zero-order valence-electron chi connectivity index (χ0n) is 8.29. The molecule has 0 radical (unpaired) electrons. The van der Waals surface area contributed by atoms with Gasteiger partial charge in [-0.2, -0.15) is 11.8 Å². The molecule has 2 saturated heterocycles. The monoisotopic (exact) mass is 201 g/mol. The Morgan fingerprint density at radius 2 is 2.38 bits per heavy atom. The lowest BCUT2D eigenvalue weighted by Gasteiger charge is -2.17. The van der Waals surface area contributed by atoms with Crippen LogP contribution in [0.5, 0.6) is 0 Å². The number of hydrogen-bond acceptors (Lipinski definition) is 3. The lowest BCUT2D eigenvalue weighted by molar-refractivity contribution is 0.184. The van der Waals surface area contributed by atoms with Gasteiger partial charge in [-0.25, -0.2) is 0 Å². The van der Waals surface area contributed by atoms with Crippen molar-refractivity contribution in [2.45, 2.75) is 31.1 Å². The van der Waals surface area contributed by atoms with Gasteiger partial charge in [-0.15, -0.1) is 0 Å². The molecule has 76 valence electrons. The van der Waals surface area contributed by atoms with E-state index < -0.39 is 0 Å². The van der Waals surface area contributed by atoms with Crippen LogP contribution in [0.3, 0.4) is 0 Å². The molecule has 3 atom stereocenters. The number of hydrogen-bond donors (Lipinski definition) is 1. The van der Waals surface area contributed by atoms with E-state index in [1.165, 1.54) is 25.1 Å². The molecule has 0 saturated carbocycles. The Morgan fingerprint density at radius 1 is 1.46 bits per heavy atom. The normalized spacial score (nSPS) is 39.9. The molecular weight excluding hydrogens is 182 g/mol. The molecule has 2 heterocycles. The fourth-order valence-corrected chi connectivity index (χ4v) is 3.22. The maximum absolute atomic E-state index is 5.42. The van der Waals surface area contributed by atoms with Crippen LogP contribution in [-0.4, -0.2) is 36.8 Å².